The van der Waals surface area contributed by atoms with Crippen LogP contribution >= 0.6 is 0 Å². The number of nitrogens with zero attached hydrogens (tertiary/aromatic N) is 1. The molecule has 7 heteroatoms. The molecular weight excluding hydrogens is 376 g/mol. The molecule has 0 aromatic carbocycles. The largest absolute Gasteiger partial charge is 0.474 e. The second kappa shape index (κ2) is 10.3. The lowest BCUT2D eigenvalue weighted by atomic mass is 9.87. The second-order valence-electron chi connectivity index (χ2n) is 8.43. The topological polar surface area (TPSA) is 79.4 Å². The summed E-state index contributed by atoms with van der Waals surface area (Å²) in [6.45, 7) is 10.9. The molecule has 0 aromatic rings. The molecule has 0 spiro atoms. The number of piperidine rings is 1. The van der Waals surface area contributed by atoms with Crippen LogP contribution in [0.2, 0.25) is 0 Å². The van der Waals surface area contributed by atoms with Crippen molar-refractivity contribution in [1.82, 2.24) is 4.90 Å². The number of carbonyl (C=O) groups excluding carboxylic acids is 1. The zero-order valence-corrected chi connectivity index (χ0v) is 17.5. The van der Waals surface area contributed by atoms with Gasteiger partial charge in [0, 0.05) is 44.0 Å². The van der Waals surface area contributed by atoms with Crippen molar-refractivity contribution in [3.8, 4) is 0 Å². The number of carbonyl (C=O) groups is 1. The Balaban J connectivity index is 1.80. The van der Waals surface area contributed by atoms with Crippen LogP contribution in [0, 0.1) is 11.3 Å². The highest BCUT2D eigenvalue weighted by Crippen LogP contribution is 2.33. The van der Waals surface area contributed by atoms with Gasteiger partial charge < -0.3 is 10.5 Å². The molecule has 1 aliphatic carbocycles. The van der Waals surface area contributed by atoms with Crippen molar-refractivity contribution in [2.75, 3.05) is 13.1 Å². The van der Waals surface area contributed by atoms with Crippen LogP contribution in [0.1, 0.15) is 64.7 Å². The molecule has 1 unspecified atom stereocenters. The normalized spacial score (nSPS) is 25.8. The van der Waals surface area contributed by atoms with Gasteiger partial charge in [0.05, 0.1) is 0 Å². The van der Waals surface area contributed by atoms with Crippen LogP contribution in [0.15, 0.2) is 24.3 Å². The summed E-state index contributed by atoms with van der Waals surface area (Å²) in [5, 5.41) is 8.27. The molecule has 1 heterocycles. The summed E-state index contributed by atoms with van der Waals surface area (Å²) in [7, 11) is 0. The van der Waals surface area contributed by atoms with Crippen LogP contribution in [0.3, 0.4) is 0 Å². The van der Waals surface area contributed by atoms with Crippen molar-refractivity contribution in [1.29, 1.82) is 5.41 Å². The van der Waals surface area contributed by atoms with Gasteiger partial charge in [-0.25, -0.2) is 8.78 Å². The molecule has 164 valence electrons. The fourth-order valence-electron chi connectivity index (χ4n) is 4.37. The van der Waals surface area contributed by atoms with Crippen LogP contribution in [0.5, 0.6) is 0 Å². The standard InChI is InChI=1S/C22H35F2N3O2/c1-4-5-17(14-20(25)28)15(2)16(3)21(26)29-19-8-6-18(7-9-19)27-12-10-22(23,24)11-13-27/h17-19,26H,2-14H2,1H3,(H2,25,28). The van der Waals surface area contributed by atoms with Crippen molar-refractivity contribution in [2.24, 2.45) is 11.7 Å². The minimum absolute atomic E-state index is 0.00152. The Hall–Kier alpha value is -1.76. The minimum Gasteiger partial charge on any atom is -0.474 e. The van der Waals surface area contributed by atoms with E-state index in [0.717, 1.165) is 38.5 Å². The number of hydrogen-bond acceptors (Lipinski definition) is 4. The van der Waals surface area contributed by atoms with Gasteiger partial charge in [0.15, 0.2) is 0 Å². The van der Waals surface area contributed by atoms with Crippen LogP contribution in [0.4, 0.5) is 8.78 Å². The maximum atomic E-state index is 13.4. The van der Waals surface area contributed by atoms with E-state index in [4.69, 9.17) is 15.9 Å². The van der Waals surface area contributed by atoms with E-state index in [1.54, 1.807) is 0 Å². The van der Waals surface area contributed by atoms with Crippen molar-refractivity contribution in [3.63, 3.8) is 0 Å². The van der Waals surface area contributed by atoms with E-state index in [2.05, 4.69) is 18.1 Å². The molecule has 5 nitrogen and oxygen atoms in total. The average molecular weight is 412 g/mol. The molecule has 1 amide bonds. The number of ether oxygens (including phenoxy) is 1. The van der Waals surface area contributed by atoms with E-state index < -0.39 is 11.8 Å². The summed E-state index contributed by atoms with van der Waals surface area (Å²) in [5.41, 5.74) is 6.40. The lowest BCUT2D eigenvalue weighted by Crippen LogP contribution is -2.46. The van der Waals surface area contributed by atoms with Gasteiger partial charge in [-0.3, -0.25) is 15.1 Å². The smallest absolute Gasteiger partial charge is 0.250 e. The average Bonchev–Trinajstić information content (AvgIpc) is 2.67. The Bertz CT molecular complexity index is 618. The SMILES string of the molecule is C=C(C(=C)C(CCC)CC(N)=O)C(=N)OC1CCC(N2CCC(F)(F)CC2)CC1. The molecule has 0 aromatic heterocycles. The molecule has 1 saturated carbocycles. The fourth-order valence-corrected chi connectivity index (χ4v) is 4.37. The molecule has 3 N–H and O–H groups in total. The van der Waals surface area contributed by atoms with E-state index >= 15 is 0 Å². The van der Waals surface area contributed by atoms with E-state index in [-0.39, 0.29) is 37.2 Å². The third-order valence-corrected chi connectivity index (χ3v) is 6.21. The van der Waals surface area contributed by atoms with Crippen molar-refractivity contribution < 1.29 is 18.3 Å². The van der Waals surface area contributed by atoms with E-state index in [0.29, 0.717) is 30.3 Å². The van der Waals surface area contributed by atoms with Crippen molar-refractivity contribution in [2.45, 2.75) is 82.8 Å². The first kappa shape index (κ1) is 23.5. The zero-order valence-electron chi connectivity index (χ0n) is 17.5. The predicted molar refractivity (Wildman–Crippen MR) is 111 cm³/mol. The molecule has 1 atom stereocenters. The number of primary amides is 1. The van der Waals surface area contributed by atoms with Crippen molar-refractivity contribution >= 4 is 11.8 Å². The van der Waals surface area contributed by atoms with E-state index in [1.807, 2.05) is 6.92 Å². The first-order valence-electron chi connectivity index (χ1n) is 10.7. The summed E-state index contributed by atoms with van der Waals surface area (Å²) < 4.78 is 32.6. The van der Waals surface area contributed by atoms with Gasteiger partial charge in [-0.15, -0.1) is 0 Å². The Kier molecular flexibility index (Phi) is 8.37. The van der Waals surface area contributed by atoms with Crippen LogP contribution < -0.4 is 5.73 Å². The number of rotatable bonds is 9. The van der Waals surface area contributed by atoms with Gasteiger partial charge in [0.2, 0.25) is 11.8 Å². The summed E-state index contributed by atoms with van der Waals surface area (Å²) >= 11 is 0. The van der Waals surface area contributed by atoms with Gasteiger partial charge in [-0.2, -0.15) is 0 Å². The molecule has 2 rings (SSSR count). The van der Waals surface area contributed by atoms with Gasteiger partial charge in [0.1, 0.15) is 6.10 Å². The highest BCUT2D eigenvalue weighted by Gasteiger charge is 2.37. The Morgan fingerprint density at radius 1 is 1.24 bits per heavy atom. The number of likely N-dealkylation sites (tertiary alicyclic amines) is 1. The van der Waals surface area contributed by atoms with Crippen LogP contribution in [-0.2, 0) is 9.53 Å². The molecule has 2 aliphatic rings. The Morgan fingerprint density at radius 3 is 2.34 bits per heavy atom. The maximum Gasteiger partial charge on any atom is 0.250 e. The number of nitrogens with one attached hydrogen (secondary N) is 1. The number of nitrogens with two attached hydrogens (primary N) is 1. The highest BCUT2D eigenvalue weighted by molar-refractivity contribution is 5.95. The fraction of sp³-hybridized carbons (Fsp3) is 0.727. The number of halogens is 2. The first-order chi connectivity index (χ1) is 13.6. The number of hydrogen-bond donors (Lipinski definition) is 2. The molecular formula is C22H35F2N3O2. The van der Waals surface area contributed by atoms with Crippen LogP contribution in [0.25, 0.3) is 0 Å². The van der Waals surface area contributed by atoms with Gasteiger partial charge >= 0.3 is 0 Å². The van der Waals surface area contributed by atoms with E-state index in [1.165, 1.54) is 0 Å². The first-order valence-corrected chi connectivity index (χ1v) is 10.7. The quantitative estimate of drug-likeness (QED) is 0.335. The maximum absolute atomic E-state index is 13.4. The summed E-state index contributed by atoms with van der Waals surface area (Å²) in [4.78, 5) is 13.5. The summed E-state index contributed by atoms with van der Waals surface area (Å²) in [6.07, 6.45) is 5.00. The summed E-state index contributed by atoms with van der Waals surface area (Å²) in [5.74, 6) is -3.03. The minimum atomic E-state index is -2.52. The lowest BCUT2D eigenvalue weighted by Gasteiger charge is -2.40. The highest BCUT2D eigenvalue weighted by atomic mass is 19.3. The Morgan fingerprint density at radius 2 is 1.83 bits per heavy atom. The van der Waals surface area contributed by atoms with Crippen LogP contribution in [-0.4, -0.2) is 47.9 Å². The predicted octanol–water partition coefficient (Wildman–Crippen LogP) is 4.43. The van der Waals surface area contributed by atoms with E-state index in [9.17, 15) is 13.6 Å². The second-order valence-corrected chi connectivity index (χ2v) is 8.43. The molecule has 0 bridgehead atoms. The molecule has 1 saturated heterocycles. The molecule has 0 radical (unpaired) electrons. The third-order valence-electron chi connectivity index (χ3n) is 6.21. The number of alkyl halides is 2. The molecule has 1 aliphatic heterocycles. The molecule has 2 fully saturated rings. The van der Waals surface area contributed by atoms with Gasteiger partial charge in [-0.05, 0) is 43.6 Å². The van der Waals surface area contributed by atoms with Crippen molar-refractivity contribution in [3.05, 3.63) is 24.3 Å². The lowest BCUT2D eigenvalue weighted by molar-refractivity contribution is -0.118. The monoisotopic (exact) mass is 411 g/mol. The Labute approximate surface area is 172 Å². The van der Waals surface area contributed by atoms with Gasteiger partial charge in [-0.1, -0.05) is 26.5 Å². The third kappa shape index (κ3) is 6.91. The summed E-state index contributed by atoms with van der Waals surface area (Å²) in [6, 6.07) is 0.322. The molecule has 29 heavy (non-hydrogen) atoms. The van der Waals surface area contributed by atoms with Gasteiger partial charge in [0.25, 0.3) is 5.92 Å². The zero-order chi connectivity index (χ0) is 21.6. The number of amides is 1.